The molecule has 2 atom stereocenters. The maximum absolute atomic E-state index is 11.5. The first-order chi connectivity index (χ1) is 6.02. The summed E-state index contributed by atoms with van der Waals surface area (Å²) in [5, 5.41) is 1.24. The Morgan fingerprint density at radius 2 is 1.92 bits per heavy atom. The average Bonchev–Trinajstić information content (AvgIpc) is 2.14. The van der Waals surface area contributed by atoms with Crippen molar-refractivity contribution in [1.29, 1.82) is 0 Å². The summed E-state index contributed by atoms with van der Waals surface area (Å²) in [5.41, 5.74) is 0. The Labute approximate surface area is 79.8 Å². The molecular weight excluding hydrogens is 170 g/mol. The monoisotopic (exact) mass is 189 g/mol. The number of hydroxylamine groups is 2. The van der Waals surface area contributed by atoms with E-state index in [1.54, 1.807) is 14.2 Å². The summed E-state index contributed by atoms with van der Waals surface area (Å²) in [5.74, 6) is -0.0914. The molecule has 13 heavy (non-hydrogen) atoms. The summed E-state index contributed by atoms with van der Waals surface area (Å²) in [6.07, 6.45) is 0.812. The van der Waals surface area contributed by atoms with E-state index in [-0.39, 0.29) is 17.9 Å². The van der Waals surface area contributed by atoms with E-state index in [9.17, 15) is 4.79 Å². The van der Waals surface area contributed by atoms with Gasteiger partial charge in [-0.05, 0) is 13.3 Å². The molecule has 0 saturated heterocycles. The summed E-state index contributed by atoms with van der Waals surface area (Å²) in [4.78, 5) is 16.3. The molecule has 0 spiro atoms. The highest BCUT2D eigenvalue weighted by molar-refractivity contribution is 5.77. The van der Waals surface area contributed by atoms with Crippen LogP contribution >= 0.6 is 0 Å². The molecule has 0 aromatic carbocycles. The van der Waals surface area contributed by atoms with Gasteiger partial charge in [-0.25, -0.2) is 5.06 Å². The van der Waals surface area contributed by atoms with Gasteiger partial charge in [0.1, 0.15) is 0 Å². The van der Waals surface area contributed by atoms with Crippen molar-refractivity contribution in [2.45, 2.75) is 26.4 Å². The van der Waals surface area contributed by atoms with Crippen molar-refractivity contribution in [3.8, 4) is 0 Å². The summed E-state index contributed by atoms with van der Waals surface area (Å²) in [6, 6.07) is 0. The van der Waals surface area contributed by atoms with E-state index in [0.717, 1.165) is 0 Å². The summed E-state index contributed by atoms with van der Waals surface area (Å²) < 4.78 is 5.07. The Morgan fingerprint density at radius 3 is 2.31 bits per heavy atom. The van der Waals surface area contributed by atoms with Gasteiger partial charge in [0.15, 0.2) is 0 Å². The lowest BCUT2D eigenvalue weighted by Crippen LogP contribution is -2.32. The second-order valence-corrected chi connectivity index (χ2v) is 3.20. The van der Waals surface area contributed by atoms with Gasteiger partial charge in [0.25, 0.3) is 0 Å². The van der Waals surface area contributed by atoms with Crippen molar-refractivity contribution >= 4 is 5.91 Å². The number of rotatable bonds is 5. The maximum Gasteiger partial charge on any atom is 0.248 e. The van der Waals surface area contributed by atoms with E-state index >= 15 is 0 Å². The van der Waals surface area contributed by atoms with Crippen LogP contribution in [0.4, 0.5) is 0 Å². The van der Waals surface area contributed by atoms with Crippen LogP contribution in [0.3, 0.4) is 0 Å². The van der Waals surface area contributed by atoms with Crippen LogP contribution in [0, 0.1) is 5.92 Å². The van der Waals surface area contributed by atoms with Crippen LogP contribution in [0.5, 0.6) is 0 Å². The third-order valence-corrected chi connectivity index (χ3v) is 2.09. The highest BCUT2D eigenvalue weighted by Crippen LogP contribution is 2.10. The predicted molar refractivity (Wildman–Crippen MR) is 50.0 cm³/mol. The molecule has 0 bridgehead atoms. The molecule has 4 heteroatoms. The van der Waals surface area contributed by atoms with Gasteiger partial charge in [0, 0.05) is 20.1 Å². The van der Waals surface area contributed by atoms with Gasteiger partial charge in [0.2, 0.25) is 5.91 Å². The minimum Gasteiger partial charge on any atom is -0.382 e. The third kappa shape index (κ3) is 4.24. The van der Waals surface area contributed by atoms with E-state index < -0.39 is 0 Å². The molecule has 0 aliphatic rings. The molecule has 0 N–H and O–H groups in total. The predicted octanol–water partition coefficient (Wildman–Crippen LogP) is 1.07. The smallest absolute Gasteiger partial charge is 0.248 e. The number of amides is 1. The summed E-state index contributed by atoms with van der Waals surface area (Å²) in [6.45, 7) is 3.81. The maximum atomic E-state index is 11.5. The van der Waals surface area contributed by atoms with Crippen molar-refractivity contribution in [2.75, 3.05) is 21.3 Å². The minimum absolute atomic E-state index is 0.0219. The molecule has 1 amide bonds. The first-order valence-electron chi connectivity index (χ1n) is 4.37. The zero-order chi connectivity index (χ0) is 10.4. The van der Waals surface area contributed by atoms with Crippen LogP contribution in [0.25, 0.3) is 0 Å². The third-order valence-electron chi connectivity index (χ3n) is 2.09. The van der Waals surface area contributed by atoms with Crippen LogP contribution < -0.4 is 0 Å². The average molecular weight is 189 g/mol. The minimum atomic E-state index is -0.0695. The standard InChI is InChI=1S/C9H19NO3/c1-7(6-8(2)12-4)9(11)10(3)13-5/h7-8H,6H2,1-5H3/t7-,8-/m1/s1. The van der Waals surface area contributed by atoms with Crippen molar-refractivity contribution < 1.29 is 14.4 Å². The lowest BCUT2D eigenvalue weighted by atomic mass is 10.0. The molecule has 0 aliphatic carbocycles. The van der Waals surface area contributed by atoms with Crippen LogP contribution in [-0.4, -0.2) is 38.3 Å². The Kier molecular flexibility index (Phi) is 5.66. The quantitative estimate of drug-likeness (QED) is 0.607. The van der Waals surface area contributed by atoms with E-state index in [2.05, 4.69) is 0 Å². The zero-order valence-electron chi connectivity index (χ0n) is 9.03. The molecule has 0 aromatic heterocycles. The topological polar surface area (TPSA) is 38.8 Å². The summed E-state index contributed by atoms with van der Waals surface area (Å²) >= 11 is 0. The molecule has 0 heterocycles. The van der Waals surface area contributed by atoms with Gasteiger partial charge in [0.05, 0.1) is 13.2 Å². The SMILES string of the molecule is CO[C@H](C)C[C@@H](C)C(=O)N(C)OC. The number of methoxy groups -OCH3 is 1. The van der Waals surface area contributed by atoms with Gasteiger partial charge in [-0.2, -0.15) is 0 Å². The molecule has 0 aliphatic heterocycles. The Hall–Kier alpha value is -0.610. The molecule has 0 aromatic rings. The van der Waals surface area contributed by atoms with E-state index in [0.29, 0.717) is 6.42 Å². The zero-order valence-corrected chi connectivity index (χ0v) is 9.03. The highest BCUT2D eigenvalue weighted by Gasteiger charge is 2.19. The van der Waals surface area contributed by atoms with Crippen LogP contribution in [0.1, 0.15) is 20.3 Å². The van der Waals surface area contributed by atoms with Crippen molar-refractivity contribution in [3.63, 3.8) is 0 Å². The molecule has 0 saturated carbocycles. The highest BCUT2D eigenvalue weighted by atomic mass is 16.7. The molecule has 0 rings (SSSR count). The first kappa shape index (κ1) is 12.4. The number of hydrogen-bond acceptors (Lipinski definition) is 3. The van der Waals surface area contributed by atoms with E-state index in [1.165, 1.54) is 12.2 Å². The fourth-order valence-electron chi connectivity index (χ4n) is 1.10. The second-order valence-electron chi connectivity index (χ2n) is 3.20. The van der Waals surface area contributed by atoms with Gasteiger partial charge in [-0.15, -0.1) is 0 Å². The number of ether oxygens (including phenoxy) is 1. The Morgan fingerprint density at radius 1 is 1.38 bits per heavy atom. The molecule has 0 fully saturated rings. The van der Waals surface area contributed by atoms with Gasteiger partial charge in [-0.1, -0.05) is 6.92 Å². The largest absolute Gasteiger partial charge is 0.382 e. The molecule has 4 nitrogen and oxygen atoms in total. The number of carbonyl (C=O) groups is 1. The van der Waals surface area contributed by atoms with Gasteiger partial charge >= 0.3 is 0 Å². The van der Waals surface area contributed by atoms with Crippen molar-refractivity contribution in [3.05, 3.63) is 0 Å². The number of nitrogens with zero attached hydrogens (tertiary/aromatic N) is 1. The Balaban J connectivity index is 3.95. The fourth-order valence-corrected chi connectivity index (χ4v) is 1.10. The lowest BCUT2D eigenvalue weighted by Gasteiger charge is -2.20. The van der Waals surface area contributed by atoms with Crippen LogP contribution in [-0.2, 0) is 14.4 Å². The lowest BCUT2D eigenvalue weighted by molar-refractivity contribution is -0.173. The van der Waals surface area contributed by atoms with Crippen molar-refractivity contribution in [2.24, 2.45) is 5.92 Å². The fraction of sp³-hybridized carbons (Fsp3) is 0.889. The number of hydrogen-bond donors (Lipinski definition) is 0. The van der Waals surface area contributed by atoms with E-state index in [1.807, 2.05) is 13.8 Å². The van der Waals surface area contributed by atoms with E-state index in [4.69, 9.17) is 9.57 Å². The van der Waals surface area contributed by atoms with Crippen LogP contribution in [0.2, 0.25) is 0 Å². The summed E-state index contributed by atoms with van der Waals surface area (Å²) in [7, 11) is 4.72. The Bertz CT molecular complexity index is 161. The van der Waals surface area contributed by atoms with Crippen LogP contribution in [0.15, 0.2) is 0 Å². The molecular formula is C9H19NO3. The molecule has 0 radical (unpaired) electrons. The second kappa shape index (κ2) is 5.94. The van der Waals surface area contributed by atoms with Gasteiger partial charge in [-0.3, -0.25) is 9.63 Å². The molecule has 0 unspecified atom stereocenters. The number of carbonyl (C=O) groups excluding carboxylic acids is 1. The molecule has 78 valence electrons. The van der Waals surface area contributed by atoms with Crippen molar-refractivity contribution in [1.82, 2.24) is 5.06 Å². The van der Waals surface area contributed by atoms with Gasteiger partial charge < -0.3 is 4.74 Å². The normalized spacial score (nSPS) is 15.2. The first-order valence-corrected chi connectivity index (χ1v) is 4.37.